The Balaban J connectivity index is 2.04. The third-order valence-corrected chi connectivity index (χ3v) is 2.85. The summed E-state index contributed by atoms with van der Waals surface area (Å²) in [5.41, 5.74) is 7.20. The maximum Gasteiger partial charge on any atom is 0.135 e. The van der Waals surface area contributed by atoms with Crippen LogP contribution in [0.4, 0.5) is 0 Å². The number of aromatic nitrogens is 1. The van der Waals surface area contributed by atoms with Crippen molar-refractivity contribution in [2.24, 2.45) is 5.73 Å². The van der Waals surface area contributed by atoms with Gasteiger partial charge in [-0.2, -0.15) is 0 Å². The molecule has 2 rings (SSSR count). The highest BCUT2D eigenvalue weighted by atomic mass is 16.5. The zero-order chi connectivity index (χ0) is 14.9. The fourth-order valence-electron chi connectivity index (χ4n) is 1.82. The van der Waals surface area contributed by atoms with Gasteiger partial charge in [0.15, 0.2) is 0 Å². The van der Waals surface area contributed by atoms with Gasteiger partial charge >= 0.3 is 0 Å². The van der Waals surface area contributed by atoms with E-state index < -0.39 is 0 Å². The quantitative estimate of drug-likeness (QED) is 0.852. The molecule has 108 valence electrons. The second kappa shape index (κ2) is 7.93. The molecule has 0 aliphatic rings. The summed E-state index contributed by atoms with van der Waals surface area (Å²) in [5, 5.41) is 0. The van der Waals surface area contributed by atoms with Gasteiger partial charge in [0, 0.05) is 18.3 Å². The van der Waals surface area contributed by atoms with E-state index >= 15 is 0 Å². The SMILES string of the molecule is COc1ccc(OCCc2ccccn2)c(C#CCN)c1. The molecule has 0 amide bonds. The largest absolute Gasteiger partial charge is 0.497 e. The van der Waals surface area contributed by atoms with Gasteiger partial charge in [-0.15, -0.1) is 0 Å². The minimum Gasteiger partial charge on any atom is -0.497 e. The number of ether oxygens (including phenoxy) is 2. The zero-order valence-electron chi connectivity index (χ0n) is 12.0. The predicted molar refractivity (Wildman–Crippen MR) is 82.4 cm³/mol. The number of nitrogens with zero attached hydrogens (tertiary/aromatic N) is 1. The topological polar surface area (TPSA) is 57.4 Å². The Morgan fingerprint density at radius 3 is 2.86 bits per heavy atom. The number of hydrogen-bond donors (Lipinski definition) is 1. The van der Waals surface area contributed by atoms with Crippen LogP contribution < -0.4 is 15.2 Å². The number of hydrogen-bond acceptors (Lipinski definition) is 4. The Bertz CT molecular complexity index is 630. The summed E-state index contributed by atoms with van der Waals surface area (Å²) < 4.78 is 11.0. The number of nitrogens with two attached hydrogens (primary N) is 1. The van der Waals surface area contributed by atoms with Crippen molar-refractivity contribution in [3.05, 3.63) is 53.9 Å². The van der Waals surface area contributed by atoms with Gasteiger partial charge in [-0.3, -0.25) is 4.98 Å². The summed E-state index contributed by atoms with van der Waals surface area (Å²) in [7, 11) is 1.62. The van der Waals surface area contributed by atoms with Gasteiger partial charge in [0.2, 0.25) is 0 Å². The summed E-state index contributed by atoms with van der Waals surface area (Å²) in [6.07, 6.45) is 2.53. The average molecular weight is 282 g/mol. The van der Waals surface area contributed by atoms with E-state index in [0.717, 1.165) is 29.2 Å². The Kier molecular flexibility index (Phi) is 5.62. The van der Waals surface area contributed by atoms with Crippen molar-refractivity contribution in [2.45, 2.75) is 6.42 Å². The van der Waals surface area contributed by atoms with Gasteiger partial charge in [0.1, 0.15) is 11.5 Å². The number of benzene rings is 1. The molecular formula is C17H18N2O2. The minimum absolute atomic E-state index is 0.310. The van der Waals surface area contributed by atoms with E-state index in [1.807, 2.05) is 36.4 Å². The van der Waals surface area contributed by atoms with Gasteiger partial charge in [-0.05, 0) is 30.3 Å². The van der Waals surface area contributed by atoms with Gasteiger partial charge in [0.05, 0.1) is 25.8 Å². The fourth-order valence-corrected chi connectivity index (χ4v) is 1.82. The molecule has 1 aromatic heterocycles. The summed E-state index contributed by atoms with van der Waals surface area (Å²) >= 11 is 0. The lowest BCUT2D eigenvalue weighted by atomic mass is 10.2. The minimum atomic E-state index is 0.310. The highest BCUT2D eigenvalue weighted by Gasteiger charge is 2.04. The summed E-state index contributed by atoms with van der Waals surface area (Å²) in [4.78, 5) is 4.26. The maximum absolute atomic E-state index is 5.80. The molecule has 0 atom stereocenters. The third kappa shape index (κ3) is 4.51. The Morgan fingerprint density at radius 1 is 1.24 bits per heavy atom. The highest BCUT2D eigenvalue weighted by molar-refractivity contribution is 5.50. The van der Waals surface area contributed by atoms with Crippen molar-refractivity contribution in [1.82, 2.24) is 4.98 Å². The van der Waals surface area contributed by atoms with Crippen molar-refractivity contribution < 1.29 is 9.47 Å². The molecule has 0 saturated carbocycles. The number of pyridine rings is 1. The molecule has 0 bridgehead atoms. The van der Waals surface area contributed by atoms with Crippen molar-refractivity contribution in [3.8, 4) is 23.3 Å². The first kappa shape index (κ1) is 14.9. The molecule has 0 fully saturated rings. The summed E-state index contributed by atoms with van der Waals surface area (Å²) in [5.74, 6) is 7.31. The number of rotatable bonds is 5. The van der Waals surface area contributed by atoms with E-state index in [1.54, 1.807) is 13.3 Å². The van der Waals surface area contributed by atoms with E-state index in [9.17, 15) is 0 Å². The third-order valence-electron chi connectivity index (χ3n) is 2.85. The van der Waals surface area contributed by atoms with E-state index in [-0.39, 0.29) is 0 Å². The monoisotopic (exact) mass is 282 g/mol. The molecule has 4 nitrogen and oxygen atoms in total. The van der Waals surface area contributed by atoms with Crippen LogP contribution in [0, 0.1) is 11.8 Å². The molecule has 0 aliphatic heterocycles. The smallest absolute Gasteiger partial charge is 0.135 e. The van der Waals surface area contributed by atoms with Crippen LogP contribution in [0.25, 0.3) is 0 Å². The molecule has 0 aliphatic carbocycles. The van der Waals surface area contributed by atoms with Gasteiger partial charge in [-0.25, -0.2) is 0 Å². The normalized spacial score (nSPS) is 9.62. The molecule has 21 heavy (non-hydrogen) atoms. The van der Waals surface area contributed by atoms with Crippen LogP contribution in [0.15, 0.2) is 42.6 Å². The van der Waals surface area contributed by atoms with Crippen LogP contribution in [0.5, 0.6) is 11.5 Å². The first-order valence-corrected chi connectivity index (χ1v) is 6.73. The van der Waals surface area contributed by atoms with Crippen LogP contribution in [-0.4, -0.2) is 25.2 Å². The molecule has 1 heterocycles. The standard InChI is InChI=1S/C17H18N2O2/c1-20-16-7-8-17(14(13-16)5-4-10-18)21-12-9-15-6-2-3-11-19-15/h2-3,6-8,11,13H,9-10,12,18H2,1H3. The second-order valence-electron chi connectivity index (χ2n) is 4.29. The molecule has 0 spiro atoms. The molecule has 2 N–H and O–H groups in total. The number of methoxy groups -OCH3 is 1. The Labute approximate surface area is 124 Å². The summed E-state index contributed by atoms with van der Waals surface area (Å²) in [6.45, 7) is 0.852. The lowest BCUT2D eigenvalue weighted by molar-refractivity contribution is 0.318. The van der Waals surface area contributed by atoms with E-state index in [2.05, 4.69) is 16.8 Å². The van der Waals surface area contributed by atoms with Gasteiger partial charge in [-0.1, -0.05) is 17.9 Å². The van der Waals surface area contributed by atoms with Crippen LogP contribution in [0.1, 0.15) is 11.3 Å². The molecule has 0 saturated heterocycles. The first-order chi connectivity index (χ1) is 10.3. The van der Waals surface area contributed by atoms with Gasteiger partial charge in [0.25, 0.3) is 0 Å². The lowest BCUT2D eigenvalue weighted by Gasteiger charge is -2.09. The molecule has 4 heteroatoms. The Hall–Kier alpha value is -2.51. The van der Waals surface area contributed by atoms with Crippen LogP contribution in [0.3, 0.4) is 0 Å². The van der Waals surface area contributed by atoms with E-state index in [0.29, 0.717) is 13.2 Å². The lowest BCUT2D eigenvalue weighted by Crippen LogP contribution is -2.04. The fraction of sp³-hybridized carbons (Fsp3) is 0.235. The van der Waals surface area contributed by atoms with Crippen molar-refractivity contribution in [1.29, 1.82) is 0 Å². The van der Waals surface area contributed by atoms with Crippen LogP contribution in [0.2, 0.25) is 0 Å². The highest BCUT2D eigenvalue weighted by Crippen LogP contribution is 2.23. The van der Waals surface area contributed by atoms with E-state index in [4.69, 9.17) is 15.2 Å². The molecular weight excluding hydrogens is 264 g/mol. The van der Waals surface area contributed by atoms with Crippen molar-refractivity contribution >= 4 is 0 Å². The van der Waals surface area contributed by atoms with Gasteiger partial charge < -0.3 is 15.2 Å². The molecule has 0 unspecified atom stereocenters. The molecule has 1 aromatic carbocycles. The predicted octanol–water partition coefficient (Wildman–Crippen LogP) is 2.02. The Morgan fingerprint density at radius 2 is 2.14 bits per heavy atom. The second-order valence-corrected chi connectivity index (χ2v) is 4.29. The van der Waals surface area contributed by atoms with Crippen LogP contribution >= 0.6 is 0 Å². The zero-order valence-corrected chi connectivity index (χ0v) is 12.0. The molecule has 0 radical (unpaired) electrons. The maximum atomic E-state index is 5.80. The first-order valence-electron chi connectivity index (χ1n) is 6.73. The van der Waals surface area contributed by atoms with Crippen molar-refractivity contribution in [3.63, 3.8) is 0 Å². The molecule has 2 aromatic rings. The average Bonchev–Trinajstić information content (AvgIpc) is 2.54. The van der Waals surface area contributed by atoms with Crippen molar-refractivity contribution in [2.75, 3.05) is 20.3 Å². The van der Waals surface area contributed by atoms with E-state index in [1.165, 1.54) is 0 Å². The van der Waals surface area contributed by atoms with Crippen LogP contribution in [-0.2, 0) is 6.42 Å². The summed E-state index contributed by atoms with van der Waals surface area (Å²) in [6, 6.07) is 11.4.